The van der Waals surface area contributed by atoms with Gasteiger partial charge >= 0.3 is 0 Å². The molecule has 7 heteroatoms. The van der Waals surface area contributed by atoms with Crippen molar-refractivity contribution in [2.75, 3.05) is 38.2 Å². The van der Waals surface area contributed by atoms with Crippen molar-refractivity contribution in [3.63, 3.8) is 0 Å². The molecule has 0 N–H and O–H groups in total. The standard InChI is InChI=1S/C20H20N4O2S/c1-26-17-9-7-15(8-10-17)18-19(27-22-21-18)20(25)24-13-11-23(12-14-24)16-5-3-2-4-6-16/h2-10H,11-14H2,1H3. The quantitative estimate of drug-likeness (QED) is 0.696. The zero-order chi connectivity index (χ0) is 18.6. The zero-order valence-corrected chi connectivity index (χ0v) is 15.9. The van der Waals surface area contributed by atoms with Gasteiger partial charge in [0.25, 0.3) is 5.91 Å². The number of aromatic nitrogens is 2. The molecule has 1 aliphatic heterocycles. The van der Waals surface area contributed by atoms with Crippen molar-refractivity contribution < 1.29 is 9.53 Å². The molecule has 0 atom stereocenters. The van der Waals surface area contributed by atoms with Crippen LogP contribution in [0.2, 0.25) is 0 Å². The number of ether oxygens (including phenoxy) is 1. The average Bonchev–Trinajstić information content (AvgIpc) is 3.24. The molecule has 0 unspecified atom stereocenters. The molecule has 4 rings (SSSR count). The Kier molecular flexibility index (Phi) is 5.02. The lowest BCUT2D eigenvalue weighted by Crippen LogP contribution is -2.48. The van der Waals surface area contributed by atoms with Crippen LogP contribution in [-0.4, -0.2) is 53.7 Å². The number of methoxy groups -OCH3 is 1. The molecule has 0 aliphatic carbocycles. The van der Waals surface area contributed by atoms with Gasteiger partial charge in [-0.3, -0.25) is 4.79 Å². The Morgan fingerprint density at radius 2 is 1.70 bits per heavy atom. The Labute approximate surface area is 162 Å². The lowest BCUT2D eigenvalue weighted by molar-refractivity contribution is 0.0752. The summed E-state index contributed by atoms with van der Waals surface area (Å²) in [7, 11) is 1.63. The number of hydrogen-bond acceptors (Lipinski definition) is 6. The van der Waals surface area contributed by atoms with Gasteiger partial charge in [-0.15, -0.1) is 5.10 Å². The highest BCUT2D eigenvalue weighted by Gasteiger charge is 2.26. The van der Waals surface area contributed by atoms with Gasteiger partial charge in [0.05, 0.1) is 7.11 Å². The van der Waals surface area contributed by atoms with Gasteiger partial charge in [0.1, 0.15) is 16.3 Å². The summed E-state index contributed by atoms with van der Waals surface area (Å²) < 4.78 is 9.21. The predicted octanol–water partition coefficient (Wildman–Crippen LogP) is 3.18. The van der Waals surface area contributed by atoms with Crippen LogP contribution in [0.25, 0.3) is 11.3 Å². The largest absolute Gasteiger partial charge is 0.497 e. The Balaban J connectivity index is 1.47. The molecule has 1 fully saturated rings. The molecule has 1 amide bonds. The second-order valence-corrected chi connectivity index (χ2v) is 7.05. The first-order chi connectivity index (χ1) is 13.3. The predicted molar refractivity (Wildman–Crippen MR) is 106 cm³/mol. The number of para-hydroxylation sites is 1. The van der Waals surface area contributed by atoms with Crippen LogP contribution >= 0.6 is 11.5 Å². The van der Waals surface area contributed by atoms with Crippen LogP contribution in [0.4, 0.5) is 5.69 Å². The molecule has 2 heterocycles. The fraction of sp³-hybridized carbons (Fsp3) is 0.250. The van der Waals surface area contributed by atoms with Crippen molar-refractivity contribution in [3.8, 4) is 17.0 Å². The summed E-state index contributed by atoms with van der Waals surface area (Å²) >= 11 is 1.16. The van der Waals surface area contributed by atoms with Crippen molar-refractivity contribution in [1.29, 1.82) is 0 Å². The third kappa shape index (κ3) is 3.64. The molecule has 0 saturated carbocycles. The summed E-state index contributed by atoms with van der Waals surface area (Å²) in [4.78, 5) is 17.8. The molecule has 3 aromatic rings. The van der Waals surface area contributed by atoms with Crippen molar-refractivity contribution in [2.24, 2.45) is 0 Å². The number of amides is 1. The van der Waals surface area contributed by atoms with E-state index in [0.717, 1.165) is 35.9 Å². The normalized spacial score (nSPS) is 14.3. The monoisotopic (exact) mass is 380 g/mol. The summed E-state index contributed by atoms with van der Waals surface area (Å²) in [6, 6.07) is 17.8. The summed E-state index contributed by atoms with van der Waals surface area (Å²) in [5, 5.41) is 4.19. The van der Waals surface area contributed by atoms with Crippen molar-refractivity contribution in [3.05, 3.63) is 59.5 Å². The Morgan fingerprint density at radius 1 is 1.00 bits per heavy atom. The van der Waals surface area contributed by atoms with E-state index in [1.807, 2.05) is 47.4 Å². The number of nitrogens with zero attached hydrogens (tertiary/aromatic N) is 4. The third-order valence-corrected chi connectivity index (χ3v) is 5.45. The van der Waals surface area contributed by atoms with Gasteiger partial charge in [0.2, 0.25) is 0 Å². The van der Waals surface area contributed by atoms with E-state index in [9.17, 15) is 4.79 Å². The van der Waals surface area contributed by atoms with E-state index in [1.165, 1.54) is 5.69 Å². The van der Waals surface area contributed by atoms with Crippen LogP contribution in [0.1, 0.15) is 9.67 Å². The highest BCUT2D eigenvalue weighted by atomic mass is 32.1. The molecule has 0 spiro atoms. The summed E-state index contributed by atoms with van der Waals surface area (Å²) in [6.07, 6.45) is 0. The second kappa shape index (κ2) is 7.75. The van der Waals surface area contributed by atoms with E-state index in [0.29, 0.717) is 23.7 Å². The molecule has 138 valence electrons. The fourth-order valence-corrected chi connectivity index (χ4v) is 3.88. The van der Waals surface area contributed by atoms with Crippen molar-refractivity contribution >= 4 is 23.1 Å². The first-order valence-corrected chi connectivity index (χ1v) is 9.59. The zero-order valence-electron chi connectivity index (χ0n) is 15.0. The van der Waals surface area contributed by atoms with E-state index in [1.54, 1.807) is 7.11 Å². The number of piperazine rings is 1. The van der Waals surface area contributed by atoms with Gasteiger partial charge in [0, 0.05) is 37.4 Å². The van der Waals surface area contributed by atoms with E-state index in [-0.39, 0.29) is 5.91 Å². The minimum atomic E-state index is 0.00327. The molecule has 1 saturated heterocycles. The summed E-state index contributed by atoms with van der Waals surface area (Å²) in [6.45, 7) is 3.01. The molecule has 6 nitrogen and oxygen atoms in total. The lowest BCUT2D eigenvalue weighted by atomic mass is 10.1. The molecule has 27 heavy (non-hydrogen) atoms. The minimum absolute atomic E-state index is 0.00327. The highest BCUT2D eigenvalue weighted by Crippen LogP contribution is 2.27. The molecule has 2 aromatic carbocycles. The number of anilines is 1. The van der Waals surface area contributed by atoms with Crippen molar-refractivity contribution in [2.45, 2.75) is 0 Å². The first kappa shape index (κ1) is 17.5. The van der Waals surface area contributed by atoms with E-state index in [4.69, 9.17) is 4.74 Å². The Morgan fingerprint density at radius 3 is 2.37 bits per heavy atom. The van der Waals surface area contributed by atoms with Crippen LogP contribution in [0.3, 0.4) is 0 Å². The van der Waals surface area contributed by atoms with E-state index < -0.39 is 0 Å². The van der Waals surface area contributed by atoms with Gasteiger partial charge in [0.15, 0.2) is 0 Å². The SMILES string of the molecule is COc1ccc(-c2nnsc2C(=O)N2CCN(c3ccccc3)CC2)cc1. The Bertz CT molecular complexity index is 903. The maximum atomic E-state index is 13.0. The number of hydrogen-bond donors (Lipinski definition) is 0. The van der Waals surface area contributed by atoms with Gasteiger partial charge < -0.3 is 14.5 Å². The van der Waals surface area contributed by atoms with Gasteiger partial charge in [-0.25, -0.2) is 0 Å². The Hall–Kier alpha value is -2.93. The van der Waals surface area contributed by atoms with Crippen molar-refractivity contribution in [1.82, 2.24) is 14.5 Å². The summed E-state index contributed by atoms with van der Waals surface area (Å²) in [5.41, 5.74) is 2.71. The van der Waals surface area contributed by atoms with Gasteiger partial charge in [-0.1, -0.05) is 22.7 Å². The smallest absolute Gasteiger partial charge is 0.268 e. The lowest BCUT2D eigenvalue weighted by Gasteiger charge is -2.36. The summed E-state index contributed by atoms with van der Waals surface area (Å²) in [5.74, 6) is 0.773. The highest BCUT2D eigenvalue weighted by molar-refractivity contribution is 7.08. The first-order valence-electron chi connectivity index (χ1n) is 8.82. The number of carbonyl (C=O) groups is 1. The van der Waals surface area contributed by atoms with Gasteiger partial charge in [-0.05, 0) is 47.9 Å². The number of benzene rings is 2. The second-order valence-electron chi connectivity index (χ2n) is 6.29. The van der Waals surface area contributed by atoms with Crippen LogP contribution in [0.5, 0.6) is 5.75 Å². The molecular formula is C20H20N4O2S. The fourth-order valence-electron chi connectivity index (χ4n) is 3.22. The molecular weight excluding hydrogens is 360 g/mol. The molecule has 1 aromatic heterocycles. The number of rotatable bonds is 4. The maximum absolute atomic E-state index is 13.0. The topological polar surface area (TPSA) is 58.6 Å². The van der Waals surface area contributed by atoms with Crippen LogP contribution in [0, 0.1) is 0 Å². The van der Waals surface area contributed by atoms with Crippen LogP contribution < -0.4 is 9.64 Å². The maximum Gasteiger partial charge on any atom is 0.268 e. The molecule has 0 radical (unpaired) electrons. The minimum Gasteiger partial charge on any atom is -0.497 e. The third-order valence-electron chi connectivity index (χ3n) is 4.73. The van der Waals surface area contributed by atoms with Gasteiger partial charge in [-0.2, -0.15) is 0 Å². The van der Waals surface area contributed by atoms with Crippen LogP contribution in [-0.2, 0) is 0 Å². The number of carbonyl (C=O) groups excluding carboxylic acids is 1. The van der Waals surface area contributed by atoms with E-state index >= 15 is 0 Å². The molecule has 0 bridgehead atoms. The van der Waals surface area contributed by atoms with E-state index in [2.05, 4.69) is 26.6 Å². The van der Waals surface area contributed by atoms with Crippen LogP contribution in [0.15, 0.2) is 54.6 Å². The molecule has 1 aliphatic rings. The average molecular weight is 380 g/mol.